The number of amides is 1. The van der Waals surface area contributed by atoms with Crippen LogP contribution in [0.4, 0.5) is 5.69 Å². The standard InChI is InChI=1S/C20H19N3O4S/c1-3-16-18(28-23-22-16)20(25)27-17(13-8-5-4-6-9-13)19(24)21-14-10-7-11-15(12-14)26-2/h4-12,17H,3H2,1-2H3,(H,21,24)/t17-/m1/s1. The first-order valence-corrected chi connectivity index (χ1v) is 9.41. The maximum Gasteiger partial charge on any atom is 0.353 e. The van der Waals surface area contributed by atoms with Gasteiger partial charge in [0.1, 0.15) is 5.75 Å². The van der Waals surface area contributed by atoms with Crippen LogP contribution in [-0.4, -0.2) is 28.6 Å². The molecule has 3 rings (SSSR count). The van der Waals surface area contributed by atoms with Crippen molar-refractivity contribution < 1.29 is 19.1 Å². The Morgan fingerprint density at radius 1 is 1.14 bits per heavy atom. The molecule has 3 aromatic rings. The number of aryl methyl sites for hydroxylation is 1. The summed E-state index contributed by atoms with van der Waals surface area (Å²) in [6, 6.07) is 15.8. The minimum atomic E-state index is -1.12. The summed E-state index contributed by atoms with van der Waals surface area (Å²) in [7, 11) is 1.55. The van der Waals surface area contributed by atoms with Crippen LogP contribution in [0.5, 0.6) is 5.75 Å². The Bertz CT molecular complexity index is 959. The molecular weight excluding hydrogens is 378 g/mol. The van der Waals surface area contributed by atoms with Crippen LogP contribution in [0.25, 0.3) is 0 Å². The van der Waals surface area contributed by atoms with Crippen LogP contribution in [0.1, 0.15) is 34.0 Å². The highest BCUT2D eigenvalue weighted by atomic mass is 32.1. The van der Waals surface area contributed by atoms with Crippen molar-refractivity contribution in [3.05, 3.63) is 70.7 Å². The molecule has 7 nitrogen and oxygen atoms in total. The van der Waals surface area contributed by atoms with Gasteiger partial charge in [0, 0.05) is 17.3 Å². The molecule has 0 bridgehead atoms. The Labute approximate surface area is 166 Å². The molecule has 1 heterocycles. The Morgan fingerprint density at radius 3 is 2.64 bits per heavy atom. The van der Waals surface area contributed by atoms with E-state index < -0.39 is 18.0 Å². The third-order valence-corrected chi connectivity index (χ3v) is 4.73. The van der Waals surface area contributed by atoms with Gasteiger partial charge < -0.3 is 14.8 Å². The third-order valence-electron chi connectivity index (χ3n) is 3.98. The number of aromatic nitrogens is 2. The number of benzene rings is 2. The fourth-order valence-electron chi connectivity index (χ4n) is 2.56. The molecule has 8 heteroatoms. The topological polar surface area (TPSA) is 90.4 Å². The lowest BCUT2D eigenvalue weighted by Crippen LogP contribution is -2.26. The molecule has 0 saturated carbocycles. The Balaban J connectivity index is 1.84. The molecule has 0 fully saturated rings. The third kappa shape index (κ3) is 4.52. The van der Waals surface area contributed by atoms with Gasteiger partial charge in [-0.1, -0.05) is 47.8 Å². The summed E-state index contributed by atoms with van der Waals surface area (Å²) in [5.41, 5.74) is 1.65. The largest absolute Gasteiger partial charge is 0.497 e. The van der Waals surface area contributed by atoms with E-state index in [9.17, 15) is 9.59 Å². The number of ether oxygens (including phenoxy) is 2. The van der Waals surface area contributed by atoms with E-state index in [0.717, 1.165) is 11.5 Å². The molecule has 1 aromatic heterocycles. The van der Waals surface area contributed by atoms with Gasteiger partial charge in [0.05, 0.1) is 12.8 Å². The maximum atomic E-state index is 12.9. The Morgan fingerprint density at radius 2 is 1.93 bits per heavy atom. The SMILES string of the molecule is CCc1nnsc1C(=O)O[C@@H](C(=O)Nc1cccc(OC)c1)c1ccccc1. The number of nitrogens with one attached hydrogen (secondary N) is 1. The molecule has 0 saturated heterocycles. The van der Waals surface area contributed by atoms with E-state index >= 15 is 0 Å². The van der Waals surface area contributed by atoms with Crippen molar-refractivity contribution in [2.75, 3.05) is 12.4 Å². The Kier molecular flexibility index (Phi) is 6.33. The molecule has 0 aliphatic heterocycles. The van der Waals surface area contributed by atoms with Gasteiger partial charge >= 0.3 is 5.97 Å². The van der Waals surface area contributed by atoms with Crippen LogP contribution >= 0.6 is 11.5 Å². The van der Waals surface area contributed by atoms with Gasteiger partial charge in [-0.25, -0.2) is 4.79 Å². The summed E-state index contributed by atoms with van der Waals surface area (Å²) < 4.78 is 14.5. The fraction of sp³-hybridized carbons (Fsp3) is 0.200. The molecule has 0 radical (unpaired) electrons. The number of nitrogens with zero attached hydrogens (tertiary/aromatic N) is 2. The van der Waals surface area contributed by atoms with E-state index in [2.05, 4.69) is 14.9 Å². The monoisotopic (exact) mass is 397 g/mol. The van der Waals surface area contributed by atoms with Gasteiger partial charge in [-0.3, -0.25) is 4.79 Å². The summed E-state index contributed by atoms with van der Waals surface area (Å²) in [6.07, 6.45) is -0.570. The lowest BCUT2D eigenvalue weighted by molar-refractivity contribution is -0.125. The van der Waals surface area contributed by atoms with Gasteiger partial charge in [-0.15, -0.1) is 5.10 Å². The quantitative estimate of drug-likeness (QED) is 0.612. The summed E-state index contributed by atoms with van der Waals surface area (Å²) in [5.74, 6) is -0.487. The predicted molar refractivity (Wildman–Crippen MR) is 106 cm³/mol. The first kappa shape index (κ1) is 19.5. The van der Waals surface area contributed by atoms with Crippen molar-refractivity contribution >= 4 is 29.1 Å². The van der Waals surface area contributed by atoms with E-state index in [-0.39, 0.29) is 0 Å². The number of hydrogen-bond acceptors (Lipinski definition) is 7. The van der Waals surface area contributed by atoms with Crippen LogP contribution < -0.4 is 10.1 Å². The van der Waals surface area contributed by atoms with Gasteiger partial charge in [-0.2, -0.15) is 0 Å². The number of methoxy groups -OCH3 is 1. The van der Waals surface area contributed by atoms with E-state index in [4.69, 9.17) is 9.47 Å². The number of rotatable bonds is 7. The molecule has 1 amide bonds. The lowest BCUT2D eigenvalue weighted by Gasteiger charge is -2.18. The highest BCUT2D eigenvalue weighted by Gasteiger charge is 2.28. The number of anilines is 1. The Hall–Kier alpha value is -3.26. The summed E-state index contributed by atoms with van der Waals surface area (Å²) in [4.78, 5) is 25.9. The van der Waals surface area contributed by atoms with Gasteiger partial charge in [0.15, 0.2) is 4.88 Å². The second-order valence-corrected chi connectivity index (χ2v) is 6.57. The highest BCUT2D eigenvalue weighted by molar-refractivity contribution is 7.07. The zero-order chi connectivity index (χ0) is 19.9. The predicted octanol–water partition coefficient (Wildman–Crippen LogP) is 3.65. The number of esters is 1. The number of carbonyl (C=O) groups excluding carboxylic acids is 2. The highest BCUT2D eigenvalue weighted by Crippen LogP contribution is 2.24. The van der Waals surface area contributed by atoms with Crippen LogP contribution in [0.15, 0.2) is 54.6 Å². The molecule has 0 aliphatic carbocycles. The van der Waals surface area contributed by atoms with Crippen molar-refractivity contribution in [3.8, 4) is 5.75 Å². The summed E-state index contributed by atoms with van der Waals surface area (Å²) >= 11 is 0.956. The normalized spacial score (nSPS) is 11.5. The summed E-state index contributed by atoms with van der Waals surface area (Å²) in [5, 5.41) is 6.69. The summed E-state index contributed by atoms with van der Waals surface area (Å²) in [6.45, 7) is 1.87. The fourth-order valence-corrected chi connectivity index (χ4v) is 3.20. The van der Waals surface area contributed by atoms with Gasteiger partial charge in [0.2, 0.25) is 6.10 Å². The van der Waals surface area contributed by atoms with Crippen LogP contribution in [-0.2, 0) is 16.0 Å². The van der Waals surface area contributed by atoms with Crippen LogP contribution in [0.2, 0.25) is 0 Å². The maximum absolute atomic E-state index is 12.9. The van der Waals surface area contributed by atoms with E-state index in [0.29, 0.717) is 34.0 Å². The second kappa shape index (κ2) is 9.09. The molecule has 0 unspecified atom stereocenters. The average Bonchev–Trinajstić information content (AvgIpc) is 3.21. The minimum Gasteiger partial charge on any atom is -0.497 e. The van der Waals surface area contributed by atoms with Gasteiger partial charge in [0.25, 0.3) is 5.91 Å². The lowest BCUT2D eigenvalue weighted by atomic mass is 10.1. The molecule has 0 spiro atoms. The minimum absolute atomic E-state index is 0.303. The van der Waals surface area contributed by atoms with Crippen LogP contribution in [0.3, 0.4) is 0 Å². The molecule has 1 atom stereocenters. The number of carbonyl (C=O) groups is 2. The van der Waals surface area contributed by atoms with Gasteiger partial charge in [-0.05, 0) is 30.1 Å². The van der Waals surface area contributed by atoms with Crippen LogP contribution in [0, 0.1) is 0 Å². The number of hydrogen-bond donors (Lipinski definition) is 1. The molecular formula is C20H19N3O4S. The molecule has 1 N–H and O–H groups in total. The van der Waals surface area contributed by atoms with Crippen molar-refractivity contribution in [1.82, 2.24) is 9.59 Å². The second-order valence-electron chi connectivity index (χ2n) is 5.82. The average molecular weight is 397 g/mol. The van der Waals surface area contributed by atoms with Crippen molar-refractivity contribution in [3.63, 3.8) is 0 Å². The molecule has 0 aliphatic rings. The molecule has 28 heavy (non-hydrogen) atoms. The van der Waals surface area contributed by atoms with E-state index in [1.165, 1.54) is 0 Å². The van der Waals surface area contributed by atoms with E-state index in [1.54, 1.807) is 55.6 Å². The van der Waals surface area contributed by atoms with Crippen molar-refractivity contribution in [2.24, 2.45) is 0 Å². The molecule has 144 valence electrons. The smallest absolute Gasteiger partial charge is 0.353 e. The zero-order valence-corrected chi connectivity index (χ0v) is 16.2. The first-order valence-electron chi connectivity index (χ1n) is 8.64. The first-order chi connectivity index (χ1) is 13.6. The molecule has 2 aromatic carbocycles. The zero-order valence-electron chi connectivity index (χ0n) is 15.4. The van der Waals surface area contributed by atoms with Crippen molar-refractivity contribution in [2.45, 2.75) is 19.4 Å². The van der Waals surface area contributed by atoms with E-state index in [1.807, 2.05) is 13.0 Å². The van der Waals surface area contributed by atoms with Crippen molar-refractivity contribution in [1.29, 1.82) is 0 Å².